The van der Waals surface area contributed by atoms with Crippen LogP contribution < -0.4 is 10.1 Å². The van der Waals surface area contributed by atoms with Gasteiger partial charge in [0.1, 0.15) is 11.3 Å². The summed E-state index contributed by atoms with van der Waals surface area (Å²) in [5.74, 6) is 0.510. The molecular formula is C24H31N3O3. The molecule has 1 atom stereocenters. The molecule has 1 heterocycles. The van der Waals surface area contributed by atoms with E-state index in [-0.39, 0.29) is 11.8 Å². The van der Waals surface area contributed by atoms with E-state index < -0.39 is 5.54 Å². The Labute approximate surface area is 178 Å². The number of amides is 2. The van der Waals surface area contributed by atoms with Gasteiger partial charge in [0.15, 0.2) is 0 Å². The van der Waals surface area contributed by atoms with Gasteiger partial charge in [-0.05, 0) is 76.7 Å². The van der Waals surface area contributed by atoms with Crippen LogP contribution in [0.1, 0.15) is 36.5 Å². The molecule has 30 heavy (non-hydrogen) atoms. The van der Waals surface area contributed by atoms with Crippen LogP contribution in [0.25, 0.3) is 0 Å². The highest BCUT2D eigenvalue weighted by atomic mass is 16.5. The third-order valence-electron chi connectivity index (χ3n) is 5.53. The normalized spacial score (nSPS) is 18.5. The molecule has 0 aromatic heterocycles. The molecule has 0 radical (unpaired) electrons. The summed E-state index contributed by atoms with van der Waals surface area (Å²) in [5.41, 5.74) is 0.434. The maximum absolute atomic E-state index is 13.1. The molecule has 1 aliphatic heterocycles. The second-order valence-electron chi connectivity index (χ2n) is 8.18. The van der Waals surface area contributed by atoms with Gasteiger partial charge in [0, 0.05) is 24.3 Å². The molecule has 0 bridgehead atoms. The van der Waals surface area contributed by atoms with Crippen molar-refractivity contribution >= 4 is 17.5 Å². The van der Waals surface area contributed by atoms with Crippen molar-refractivity contribution in [3.63, 3.8) is 0 Å². The molecule has 1 saturated heterocycles. The number of benzene rings is 2. The second-order valence-corrected chi connectivity index (χ2v) is 8.18. The molecule has 3 rings (SSSR count). The summed E-state index contributed by atoms with van der Waals surface area (Å²) in [4.78, 5) is 29.9. The highest BCUT2D eigenvalue weighted by Gasteiger charge is 2.45. The summed E-state index contributed by atoms with van der Waals surface area (Å²) in [7, 11) is 4.08. The molecule has 6 nitrogen and oxygen atoms in total. The first-order valence-electron chi connectivity index (χ1n) is 10.5. The minimum Gasteiger partial charge on any atom is -0.494 e. The van der Waals surface area contributed by atoms with Crippen LogP contribution in [0.3, 0.4) is 0 Å². The van der Waals surface area contributed by atoms with Gasteiger partial charge in [-0.25, -0.2) is 0 Å². The Morgan fingerprint density at radius 2 is 1.80 bits per heavy atom. The Bertz CT molecular complexity index is 852. The predicted molar refractivity (Wildman–Crippen MR) is 119 cm³/mol. The van der Waals surface area contributed by atoms with Crippen LogP contribution >= 0.6 is 0 Å². The van der Waals surface area contributed by atoms with Crippen LogP contribution in [0.5, 0.6) is 5.75 Å². The number of rotatable bonds is 8. The standard InChI is InChI=1S/C24H31N3O3/c1-24(15-7-17-27(24)22(28)19-9-5-4-6-10-19)23(29)25-20-11-13-21(14-12-20)30-18-8-16-26(2)3/h4-6,9-14H,7-8,15-18H2,1-3H3,(H,25,29). The van der Waals surface area contributed by atoms with E-state index in [0.717, 1.165) is 25.1 Å². The first kappa shape index (κ1) is 21.8. The number of hydrogen-bond acceptors (Lipinski definition) is 4. The number of hydrogen-bond donors (Lipinski definition) is 1. The van der Waals surface area contributed by atoms with Gasteiger partial charge in [0.25, 0.3) is 5.91 Å². The zero-order valence-electron chi connectivity index (χ0n) is 18.1. The Morgan fingerprint density at radius 1 is 1.10 bits per heavy atom. The fourth-order valence-electron chi connectivity index (χ4n) is 3.73. The van der Waals surface area contributed by atoms with Crippen molar-refractivity contribution in [3.05, 3.63) is 60.2 Å². The van der Waals surface area contributed by atoms with Gasteiger partial charge >= 0.3 is 0 Å². The van der Waals surface area contributed by atoms with E-state index >= 15 is 0 Å². The topological polar surface area (TPSA) is 61.9 Å². The Balaban J connectivity index is 1.61. The van der Waals surface area contributed by atoms with Gasteiger partial charge in [-0.15, -0.1) is 0 Å². The van der Waals surface area contributed by atoms with E-state index in [0.29, 0.717) is 30.8 Å². The zero-order chi connectivity index (χ0) is 21.6. The van der Waals surface area contributed by atoms with Crippen LogP contribution in [0.2, 0.25) is 0 Å². The molecule has 2 amide bonds. The summed E-state index contributed by atoms with van der Waals surface area (Å²) in [6, 6.07) is 16.5. The lowest BCUT2D eigenvalue weighted by atomic mass is 9.96. The van der Waals surface area contributed by atoms with Gasteiger partial charge in [0.05, 0.1) is 6.61 Å². The van der Waals surface area contributed by atoms with E-state index in [1.807, 2.05) is 63.5 Å². The number of carbonyl (C=O) groups excluding carboxylic acids is 2. The van der Waals surface area contributed by atoms with Crippen molar-refractivity contribution in [3.8, 4) is 5.75 Å². The Hall–Kier alpha value is -2.86. The van der Waals surface area contributed by atoms with Crippen molar-refractivity contribution in [1.82, 2.24) is 9.80 Å². The highest BCUT2D eigenvalue weighted by Crippen LogP contribution is 2.32. The van der Waals surface area contributed by atoms with Crippen molar-refractivity contribution < 1.29 is 14.3 Å². The predicted octanol–water partition coefficient (Wildman–Crippen LogP) is 3.65. The van der Waals surface area contributed by atoms with Gasteiger partial charge in [-0.3, -0.25) is 9.59 Å². The van der Waals surface area contributed by atoms with E-state index in [4.69, 9.17) is 4.74 Å². The third-order valence-corrected chi connectivity index (χ3v) is 5.53. The molecule has 2 aromatic rings. The number of ether oxygens (including phenoxy) is 1. The van der Waals surface area contributed by atoms with Crippen LogP contribution in [0, 0.1) is 0 Å². The number of nitrogens with one attached hydrogen (secondary N) is 1. The number of nitrogens with zero attached hydrogens (tertiary/aromatic N) is 2. The van der Waals surface area contributed by atoms with Crippen LogP contribution in [-0.4, -0.2) is 60.9 Å². The van der Waals surface area contributed by atoms with Gasteiger partial charge in [0.2, 0.25) is 5.91 Å². The molecule has 1 N–H and O–H groups in total. The summed E-state index contributed by atoms with van der Waals surface area (Å²) in [6.07, 6.45) is 2.40. The van der Waals surface area contributed by atoms with Crippen molar-refractivity contribution in [2.24, 2.45) is 0 Å². The Morgan fingerprint density at radius 3 is 2.47 bits per heavy atom. The fraction of sp³-hybridized carbons (Fsp3) is 0.417. The first-order chi connectivity index (χ1) is 14.4. The largest absolute Gasteiger partial charge is 0.494 e. The monoisotopic (exact) mass is 409 g/mol. The van der Waals surface area contributed by atoms with E-state index in [1.165, 1.54) is 0 Å². The number of carbonyl (C=O) groups is 2. The molecule has 0 spiro atoms. The molecule has 6 heteroatoms. The molecule has 1 unspecified atom stereocenters. The van der Waals surface area contributed by atoms with E-state index in [9.17, 15) is 9.59 Å². The molecule has 0 saturated carbocycles. The Kier molecular flexibility index (Phi) is 7.11. The minimum absolute atomic E-state index is 0.104. The van der Waals surface area contributed by atoms with Gasteiger partial charge < -0.3 is 19.9 Å². The quantitative estimate of drug-likeness (QED) is 0.676. The summed E-state index contributed by atoms with van der Waals surface area (Å²) in [6.45, 7) is 4.05. The highest BCUT2D eigenvalue weighted by molar-refractivity contribution is 6.03. The SMILES string of the molecule is CN(C)CCCOc1ccc(NC(=O)C2(C)CCCN2C(=O)c2ccccc2)cc1. The average molecular weight is 410 g/mol. The molecule has 1 aliphatic rings. The lowest BCUT2D eigenvalue weighted by molar-refractivity contribution is -0.124. The minimum atomic E-state index is -0.867. The summed E-state index contributed by atoms with van der Waals surface area (Å²) >= 11 is 0. The molecule has 1 fully saturated rings. The smallest absolute Gasteiger partial charge is 0.254 e. The summed E-state index contributed by atoms with van der Waals surface area (Å²) < 4.78 is 5.74. The van der Waals surface area contributed by atoms with Crippen molar-refractivity contribution in [1.29, 1.82) is 0 Å². The number of anilines is 1. The van der Waals surface area contributed by atoms with E-state index in [1.54, 1.807) is 17.0 Å². The lowest BCUT2D eigenvalue weighted by Crippen LogP contribution is -2.53. The zero-order valence-corrected chi connectivity index (χ0v) is 18.1. The maximum Gasteiger partial charge on any atom is 0.254 e. The van der Waals surface area contributed by atoms with Crippen molar-refractivity contribution in [2.45, 2.75) is 31.7 Å². The van der Waals surface area contributed by atoms with Crippen LogP contribution in [0.4, 0.5) is 5.69 Å². The maximum atomic E-state index is 13.1. The molecule has 0 aliphatic carbocycles. The molecule has 2 aromatic carbocycles. The van der Waals surface area contributed by atoms with Gasteiger partial charge in [-0.1, -0.05) is 18.2 Å². The van der Waals surface area contributed by atoms with Crippen LogP contribution in [-0.2, 0) is 4.79 Å². The fourth-order valence-corrected chi connectivity index (χ4v) is 3.73. The summed E-state index contributed by atoms with van der Waals surface area (Å²) in [5, 5.41) is 2.98. The first-order valence-corrected chi connectivity index (χ1v) is 10.5. The molecule has 160 valence electrons. The lowest BCUT2D eigenvalue weighted by Gasteiger charge is -2.34. The van der Waals surface area contributed by atoms with Gasteiger partial charge in [-0.2, -0.15) is 0 Å². The average Bonchev–Trinajstić information content (AvgIpc) is 3.15. The van der Waals surface area contributed by atoms with Crippen LogP contribution in [0.15, 0.2) is 54.6 Å². The third kappa shape index (κ3) is 5.19. The van der Waals surface area contributed by atoms with E-state index in [2.05, 4.69) is 10.2 Å². The van der Waals surface area contributed by atoms with Crippen molar-refractivity contribution in [2.75, 3.05) is 39.1 Å². The number of likely N-dealkylation sites (tertiary alicyclic amines) is 1. The molecular weight excluding hydrogens is 378 g/mol. The second kappa shape index (κ2) is 9.76.